The highest BCUT2D eigenvalue weighted by Crippen LogP contribution is 2.11. The Morgan fingerprint density at radius 3 is 2.59 bits per heavy atom. The van der Waals surface area contributed by atoms with Crippen LogP contribution in [0.3, 0.4) is 0 Å². The SMILES string of the molecule is CCOC(=O)C(C#N)=NOc1ccc(C)cc1. The van der Waals surface area contributed by atoms with Crippen LogP contribution in [0.25, 0.3) is 0 Å². The summed E-state index contributed by atoms with van der Waals surface area (Å²) in [6, 6.07) is 8.67. The van der Waals surface area contributed by atoms with Crippen molar-refractivity contribution in [2.45, 2.75) is 13.8 Å². The lowest BCUT2D eigenvalue weighted by molar-refractivity contribution is -0.135. The summed E-state index contributed by atoms with van der Waals surface area (Å²) in [4.78, 5) is 16.1. The van der Waals surface area contributed by atoms with Crippen molar-refractivity contribution in [3.05, 3.63) is 29.8 Å². The molecule has 17 heavy (non-hydrogen) atoms. The van der Waals surface area contributed by atoms with E-state index >= 15 is 0 Å². The van der Waals surface area contributed by atoms with E-state index in [2.05, 4.69) is 9.89 Å². The molecule has 1 aromatic carbocycles. The van der Waals surface area contributed by atoms with Crippen LogP contribution in [0.4, 0.5) is 0 Å². The average Bonchev–Trinajstić information content (AvgIpc) is 2.32. The van der Waals surface area contributed by atoms with Gasteiger partial charge in [0, 0.05) is 0 Å². The molecular formula is C12H12N2O3. The van der Waals surface area contributed by atoms with Crippen molar-refractivity contribution in [1.82, 2.24) is 0 Å². The summed E-state index contributed by atoms with van der Waals surface area (Å²) in [6.07, 6.45) is 0. The van der Waals surface area contributed by atoms with Gasteiger partial charge in [0.1, 0.15) is 6.07 Å². The first-order chi connectivity index (χ1) is 8.17. The monoisotopic (exact) mass is 232 g/mol. The molecule has 5 heteroatoms. The third kappa shape index (κ3) is 3.95. The van der Waals surface area contributed by atoms with Gasteiger partial charge in [-0.05, 0) is 26.0 Å². The van der Waals surface area contributed by atoms with E-state index in [0.717, 1.165) is 5.56 Å². The topological polar surface area (TPSA) is 71.7 Å². The van der Waals surface area contributed by atoms with E-state index in [1.165, 1.54) is 0 Å². The first-order valence-corrected chi connectivity index (χ1v) is 5.06. The smallest absolute Gasteiger partial charge is 0.371 e. The number of nitriles is 1. The van der Waals surface area contributed by atoms with Crippen molar-refractivity contribution in [2.75, 3.05) is 6.61 Å². The first kappa shape index (κ1) is 12.7. The number of carbonyl (C=O) groups is 1. The van der Waals surface area contributed by atoms with Crippen molar-refractivity contribution in [3.63, 3.8) is 0 Å². The molecule has 0 N–H and O–H groups in total. The van der Waals surface area contributed by atoms with Crippen molar-refractivity contribution >= 4 is 11.7 Å². The van der Waals surface area contributed by atoms with Gasteiger partial charge in [0.15, 0.2) is 5.75 Å². The molecule has 88 valence electrons. The molecule has 0 saturated carbocycles. The van der Waals surface area contributed by atoms with Crippen LogP contribution in [0.1, 0.15) is 12.5 Å². The molecule has 0 saturated heterocycles. The predicted octanol–water partition coefficient (Wildman–Crippen LogP) is 1.82. The number of esters is 1. The number of hydrogen-bond acceptors (Lipinski definition) is 5. The molecule has 1 aromatic rings. The molecule has 0 bridgehead atoms. The molecule has 5 nitrogen and oxygen atoms in total. The second-order valence-electron chi connectivity index (χ2n) is 3.18. The minimum absolute atomic E-state index is 0.185. The van der Waals surface area contributed by atoms with Gasteiger partial charge in [-0.2, -0.15) is 5.26 Å². The number of ether oxygens (including phenoxy) is 1. The summed E-state index contributed by atoms with van der Waals surface area (Å²) in [6.45, 7) is 3.77. The highest BCUT2D eigenvalue weighted by atomic mass is 16.6. The number of aryl methyl sites for hydroxylation is 1. The lowest BCUT2D eigenvalue weighted by Gasteiger charge is -2.00. The Kier molecular flexibility index (Phi) is 4.70. The number of rotatable bonds is 4. The zero-order valence-corrected chi connectivity index (χ0v) is 9.64. The van der Waals surface area contributed by atoms with Gasteiger partial charge in [0.05, 0.1) is 6.61 Å². The second-order valence-corrected chi connectivity index (χ2v) is 3.18. The molecule has 0 fully saturated rings. The number of nitrogens with zero attached hydrogens (tertiary/aromatic N) is 2. The van der Waals surface area contributed by atoms with E-state index in [1.54, 1.807) is 25.1 Å². The van der Waals surface area contributed by atoms with Crippen molar-refractivity contribution in [3.8, 4) is 11.8 Å². The maximum Gasteiger partial charge on any atom is 0.371 e. The van der Waals surface area contributed by atoms with Gasteiger partial charge in [0.2, 0.25) is 0 Å². The van der Waals surface area contributed by atoms with Crippen LogP contribution in [0.2, 0.25) is 0 Å². The zero-order valence-electron chi connectivity index (χ0n) is 9.64. The molecule has 0 heterocycles. The van der Waals surface area contributed by atoms with Gasteiger partial charge in [0.25, 0.3) is 5.71 Å². The Hall–Kier alpha value is -2.35. The van der Waals surface area contributed by atoms with Gasteiger partial charge < -0.3 is 9.57 Å². The largest absolute Gasteiger partial charge is 0.461 e. The standard InChI is InChI=1S/C12H12N2O3/c1-3-16-12(15)11(8-13)14-17-10-6-4-9(2)5-7-10/h4-7H,3H2,1-2H3. The maximum atomic E-state index is 11.2. The van der Waals surface area contributed by atoms with Gasteiger partial charge in [-0.3, -0.25) is 0 Å². The van der Waals surface area contributed by atoms with E-state index in [9.17, 15) is 4.79 Å². The van der Waals surface area contributed by atoms with Crippen molar-refractivity contribution in [2.24, 2.45) is 5.16 Å². The maximum absolute atomic E-state index is 11.2. The molecule has 0 atom stereocenters. The normalized spacial score (nSPS) is 10.5. The van der Waals surface area contributed by atoms with E-state index in [4.69, 9.17) is 10.1 Å². The van der Waals surface area contributed by atoms with E-state index < -0.39 is 11.7 Å². The van der Waals surface area contributed by atoms with Crippen molar-refractivity contribution < 1.29 is 14.4 Å². The second kappa shape index (κ2) is 6.28. The lowest BCUT2D eigenvalue weighted by Crippen LogP contribution is -2.16. The first-order valence-electron chi connectivity index (χ1n) is 5.06. The Balaban J connectivity index is 2.71. The quantitative estimate of drug-likeness (QED) is 0.451. The number of carbonyl (C=O) groups excluding carboxylic acids is 1. The molecule has 0 radical (unpaired) electrons. The Morgan fingerprint density at radius 2 is 2.06 bits per heavy atom. The molecular weight excluding hydrogens is 220 g/mol. The summed E-state index contributed by atoms with van der Waals surface area (Å²) in [7, 11) is 0. The Labute approximate surface area is 99.3 Å². The molecule has 0 aliphatic heterocycles. The molecule has 0 amide bonds. The zero-order chi connectivity index (χ0) is 12.7. The van der Waals surface area contributed by atoms with E-state index in [1.807, 2.05) is 19.1 Å². The fourth-order valence-electron chi connectivity index (χ4n) is 1.00. The summed E-state index contributed by atoms with van der Waals surface area (Å²) >= 11 is 0. The fourth-order valence-corrected chi connectivity index (χ4v) is 1.00. The molecule has 0 aliphatic carbocycles. The predicted molar refractivity (Wildman–Crippen MR) is 61.5 cm³/mol. The summed E-state index contributed by atoms with van der Waals surface area (Å²) in [5.74, 6) is -0.338. The molecule has 0 aromatic heterocycles. The minimum Gasteiger partial charge on any atom is -0.461 e. The van der Waals surface area contributed by atoms with Crippen LogP contribution in [-0.4, -0.2) is 18.3 Å². The summed E-state index contributed by atoms with van der Waals surface area (Å²) < 4.78 is 4.63. The minimum atomic E-state index is -0.790. The van der Waals surface area contributed by atoms with Gasteiger partial charge in [-0.25, -0.2) is 4.79 Å². The molecule has 1 rings (SSSR count). The number of hydrogen-bond donors (Lipinski definition) is 0. The van der Waals surface area contributed by atoms with Gasteiger partial charge >= 0.3 is 5.97 Å². The van der Waals surface area contributed by atoms with Crippen LogP contribution >= 0.6 is 0 Å². The summed E-state index contributed by atoms with van der Waals surface area (Å²) in [5.41, 5.74) is 0.666. The molecule has 0 spiro atoms. The van der Waals surface area contributed by atoms with Gasteiger partial charge in [-0.15, -0.1) is 0 Å². The highest BCUT2D eigenvalue weighted by molar-refractivity contribution is 6.42. The number of oxime groups is 1. The fraction of sp³-hybridized carbons (Fsp3) is 0.250. The van der Waals surface area contributed by atoms with Crippen LogP contribution in [0.15, 0.2) is 29.4 Å². The van der Waals surface area contributed by atoms with E-state index in [-0.39, 0.29) is 6.61 Å². The Bertz CT molecular complexity index is 458. The van der Waals surface area contributed by atoms with E-state index in [0.29, 0.717) is 5.75 Å². The number of benzene rings is 1. The van der Waals surface area contributed by atoms with Crippen LogP contribution in [-0.2, 0) is 9.53 Å². The highest BCUT2D eigenvalue weighted by Gasteiger charge is 2.12. The average molecular weight is 232 g/mol. The van der Waals surface area contributed by atoms with Crippen LogP contribution in [0, 0.1) is 18.3 Å². The molecule has 0 aliphatic rings. The van der Waals surface area contributed by atoms with Crippen molar-refractivity contribution in [1.29, 1.82) is 5.26 Å². The third-order valence-corrected chi connectivity index (χ3v) is 1.84. The van der Waals surface area contributed by atoms with Crippen LogP contribution < -0.4 is 4.84 Å². The molecule has 0 unspecified atom stereocenters. The summed E-state index contributed by atoms with van der Waals surface area (Å²) in [5, 5.41) is 12.1. The van der Waals surface area contributed by atoms with Gasteiger partial charge in [-0.1, -0.05) is 22.9 Å². The van der Waals surface area contributed by atoms with Crippen LogP contribution in [0.5, 0.6) is 5.75 Å². The lowest BCUT2D eigenvalue weighted by atomic mass is 10.2. The Morgan fingerprint density at radius 1 is 1.41 bits per heavy atom. The third-order valence-electron chi connectivity index (χ3n) is 1.84.